The molecule has 1 unspecified atom stereocenters. The predicted octanol–water partition coefficient (Wildman–Crippen LogP) is 2.96. The Hall–Kier alpha value is -0.0900. The third-order valence-corrected chi connectivity index (χ3v) is 3.64. The van der Waals surface area contributed by atoms with Gasteiger partial charge in [0.15, 0.2) is 0 Å². The van der Waals surface area contributed by atoms with Gasteiger partial charge in [-0.2, -0.15) is 0 Å². The molecule has 0 aliphatic rings. The Morgan fingerprint density at radius 2 is 2.06 bits per heavy atom. The molecule has 0 fully saturated rings. The van der Waals surface area contributed by atoms with Crippen molar-refractivity contribution in [1.29, 1.82) is 0 Å². The van der Waals surface area contributed by atoms with Crippen LogP contribution in [-0.2, 0) is 6.54 Å². The lowest BCUT2D eigenvalue weighted by Gasteiger charge is -2.23. The average molecular weight is 308 g/mol. The van der Waals surface area contributed by atoms with E-state index in [9.17, 15) is 0 Å². The zero-order chi connectivity index (χ0) is 11.4. The van der Waals surface area contributed by atoms with Crippen molar-refractivity contribution in [3.05, 3.63) is 33.8 Å². The van der Waals surface area contributed by atoms with Gasteiger partial charge in [-0.15, -0.1) is 12.4 Å². The molecule has 0 amide bonds. The number of aryl methyl sites for hydroxylation is 1. The SMILES string of the molecule is Cc1cc(CN(C)C(C)CN)ccc1Br.Cl. The maximum Gasteiger partial charge on any atom is 0.0234 e. The van der Waals surface area contributed by atoms with E-state index in [1.165, 1.54) is 15.6 Å². The highest BCUT2D eigenvalue weighted by atomic mass is 79.9. The Balaban J connectivity index is 0.00000225. The number of nitrogens with zero attached hydrogens (tertiary/aromatic N) is 1. The third kappa shape index (κ3) is 4.42. The number of nitrogens with two attached hydrogens (primary N) is 1. The van der Waals surface area contributed by atoms with E-state index < -0.39 is 0 Å². The van der Waals surface area contributed by atoms with E-state index in [0.29, 0.717) is 12.6 Å². The van der Waals surface area contributed by atoms with Gasteiger partial charge in [-0.3, -0.25) is 4.90 Å². The van der Waals surface area contributed by atoms with E-state index >= 15 is 0 Å². The third-order valence-electron chi connectivity index (χ3n) is 2.75. The van der Waals surface area contributed by atoms with Crippen LogP contribution < -0.4 is 5.73 Å². The Morgan fingerprint density at radius 1 is 1.44 bits per heavy atom. The lowest BCUT2D eigenvalue weighted by atomic mass is 10.1. The van der Waals surface area contributed by atoms with Gasteiger partial charge in [0, 0.05) is 23.6 Å². The summed E-state index contributed by atoms with van der Waals surface area (Å²) in [6.45, 7) is 5.91. The number of rotatable bonds is 4. The van der Waals surface area contributed by atoms with Crippen molar-refractivity contribution in [2.75, 3.05) is 13.6 Å². The van der Waals surface area contributed by atoms with Gasteiger partial charge in [-0.1, -0.05) is 28.1 Å². The molecule has 0 saturated heterocycles. The molecule has 0 heterocycles. The molecule has 0 radical (unpaired) electrons. The number of hydrogen-bond donors (Lipinski definition) is 1. The normalized spacial score (nSPS) is 12.4. The highest BCUT2D eigenvalue weighted by molar-refractivity contribution is 9.10. The van der Waals surface area contributed by atoms with Crippen molar-refractivity contribution in [2.24, 2.45) is 5.73 Å². The van der Waals surface area contributed by atoms with Crippen LogP contribution in [0.25, 0.3) is 0 Å². The molecule has 0 aromatic heterocycles. The van der Waals surface area contributed by atoms with Gasteiger partial charge in [0.25, 0.3) is 0 Å². The lowest BCUT2D eigenvalue weighted by molar-refractivity contribution is 0.255. The first-order chi connectivity index (χ1) is 7.04. The average Bonchev–Trinajstić information content (AvgIpc) is 2.22. The zero-order valence-electron chi connectivity index (χ0n) is 10.0. The van der Waals surface area contributed by atoms with Crippen LogP contribution in [0.3, 0.4) is 0 Å². The fraction of sp³-hybridized carbons (Fsp3) is 0.500. The van der Waals surface area contributed by atoms with Crippen molar-refractivity contribution >= 4 is 28.3 Å². The maximum atomic E-state index is 5.63. The van der Waals surface area contributed by atoms with Crippen LogP contribution in [-0.4, -0.2) is 24.5 Å². The molecular weight excluding hydrogens is 288 g/mol. The van der Waals surface area contributed by atoms with E-state index in [1.54, 1.807) is 0 Å². The van der Waals surface area contributed by atoms with Crippen molar-refractivity contribution in [3.8, 4) is 0 Å². The molecule has 0 aliphatic heterocycles. The molecule has 0 saturated carbocycles. The molecule has 4 heteroatoms. The first-order valence-electron chi connectivity index (χ1n) is 5.20. The minimum Gasteiger partial charge on any atom is -0.329 e. The van der Waals surface area contributed by atoms with Crippen LogP contribution in [0.5, 0.6) is 0 Å². The number of benzene rings is 1. The maximum absolute atomic E-state index is 5.63. The van der Waals surface area contributed by atoms with Gasteiger partial charge in [-0.25, -0.2) is 0 Å². The van der Waals surface area contributed by atoms with E-state index in [1.807, 2.05) is 0 Å². The highest BCUT2D eigenvalue weighted by Crippen LogP contribution is 2.18. The molecule has 1 aromatic rings. The molecule has 0 aliphatic carbocycles. The Bertz CT molecular complexity index is 331. The molecular formula is C12H20BrClN2. The monoisotopic (exact) mass is 306 g/mol. The van der Waals surface area contributed by atoms with Crippen molar-refractivity contribution in [2.45, 2.75) is 26.4 Å². The smallest absolute Gasteiger partial charge is 0.0234 e. The summed E-state index contributed by atoms with van der Waals surface area (Å²) < 4.78 is 1.17. The quantitative estimate of drug-likeness (QED) is 0.926. The number of likely N-dealkylation sites (N-methyl/N-ethyl adjacent to an activating group) is 1. The van der Waals surface area contributed by atoms with Gasteiger partial charge in [-0.05, 0) is 38.1 Å². The Morgan fingerprint density at radius 3 is 2.56 bits per heavy atom. The summed E-state index contributed by atoms with van der Waals surface area (Å²) in [5, 5.41) is 0. The van der Waals surface area contributed by atoms with Crippen LogP contribution in [0, 0.1) is 6.92 Å². The van der Waals surface area contributed by atoms with E-state index in [-0.39, 0.29) is 12.4 Å². The van der Waals surface area contributed by atoms with Crippen molar-refractivity contribution in [1.82, 2.24) is 4.90 Å². The summed E-state index contributed by atoms with van der Waals surface area (Å²) in [7, 11) is 2.11. The Kier molecular flexibility index (Phi) is 7.24. The van der Waals surface area contributed by atoms with Gasteiger partial charge >= 0.3 is 0 Å². The molecule has 92 valence electrons. The second-order valence-electron chi connectivity index (χ2n) is 4.08. The molecule has 0 spiro atoms. The van der Waals surface area contributed by atoms with Crippen LogP contribution in [0.4, 0.5) is 0 Å². The summed E-state index contributed by atoms with van der Waals surface area (Å²) in [6.07, 6.45) is 0. The minimum absolute atomic E-state index is 0. The molecule has 0 bridgehead atoms. The molecule has 1 rings (SSSR count). The number of hydrogen-bond acceptors (Lipinski definition) is 2. The second-order valence-corrected chi connectivity index (χ2v) is 4.94. The molecule has 2 N–H and O–H groups in total. The van der Waals surface area contributed by atoms with Crippen LogP contribution >= 0.6 is 28.3 Å². The van der Waals surface area contributed by atoms with E-state index in [4.69, 9.17) is 5.73 Å². The van der Waals surface area contributed by atoms with Gasteiger partial charge in [0.2, 0.25) is 0 Å². The van der Waals surface area contributed by atoms with E-state index in [0.717, 1.165) is 6.54 Å². The highest BCUT2D eigenvalue weighted by Gasteiger charge is 2.07. The molecule has 16 heavy (non-hydrogen) atoms. The summed E-state index contributed by atoms with van der Waals surface area (Å²) in [4.78, 5) is 2.27. The van der Waals surface area contributed by atoms with Crippen LogP contribution in [0.2, 0.25) is 0 Å². The van der Waals surface area contributed by atoms with Crippen molar-refractivity contribution in [3.63, 3.8) is 0 Å². The topological polar surface area (TPSA) is 29.3 Å². The zero-order valence-corrected chi connectivity index (χ0v) is 12.4. The fourth-order valence-corrected chi connectivity index (χ4v) is 1.68. The first-order valence-corrected chi connectivity index (χ1v) is 5.99. The lowest BCUT2D eigenvalue weighted by Crippen LogP contribution is -2.34. The minimum atomic E-state index is 0. The molecule has 1 aromatic carbocycles. The predicted molar refractivity (Wildman–Crippen MR) is 76.1 cm³/mol. The molecule has 2 nitrogen and oxygen atoms in total. The number of halogens is 2. The standard InChI is InChI=1S/C12H19BrN2.ClH/c1-9-6-11(4-5-12(9)13)8-15(3)10(2)7-14;/h4-6,10H,7-8,14H2,1-3H3;1H. The summed E-state index contributed by atoms with van der Waals surface area (Å²) in [6, 6.07) is 6.89. The molecule has 1 atom stereocenters. The first kappa shape index (κ1) is 15.9. The van der Waals surface area contributed by atoms with E-state index in [2.05, 4.69) is 59.9 Å². The van der Waals surface area contributed by atoms with Gasteiger partial charge in [0.1, 0.15) is 0 Å². The fourth-order valence-electron chi connectivity index (χ4n) is 1.43. The van der Waals surface area contributed by atoms with Gasteiger partial charge < -0.3 is 5.73 Å². The van der Waals surface area contributed by atoms with Crippen LogP contribution in [0.15, 0.2) is 22.7 Å². The summed E-state index contributed by atoms with van der Waals surface area (Å²) in [5.74, 6) is 0. The summed E-state index contributed by atoms with van der Waals surface area (Å²) in [5.41, 5.74) is 8.24. The second kappa shape index (κ2) is 7.28. The Labute approximate surface area is 113 Å². The largest absolute Gasteiger partial charge is 0.329 e. The van der Waals surface area contributed by atoms with Crippen LogP contribution in [0.1, 0.15) is 18.1 Å². The van der Waals surface area contributed by atoms with Crippen molar-refractivity contribution < 1.29 is 0 Å². The van der Waals surface area contributed by atoms with Gasteiger partial charge in [0.05, 0.1) is 0 Å². The summed E-state index contributed by atoms with van der Waals surface area (Å²) >= 11 is 3.50.